The van der Waals surface area contributed by atoms with Crippen molar-refractivity contribution in [1.29, 1.82) is 0 Å². The number of carboxylic acid groups (broad SMARTS) is 1. The standard InChI is InChI=1S/C19H21N3O3/c1-19(2,3)15-10-22-17(12-5-4-6-14(23)16(12)20-22)13-8-7-11(18(24)25)9-21(13)15/h4-6,8-9,15,23H,7,10H2,1-3H3,(H,24,25)/t15-/m0/s1. The lowest BCUT2D eigenvalue weighted by atomic mass is 9.83. The summed E-state index contributed by atoms with van der Waals surface area (Å²) in [6, 6.07) is 5.46. The molecule has 3 heterocycles. The number of aromatic nitrogens is 2. The number of phenolic OH excluding ortho intramolecular Hbond substituents is 1. The number of carboxylic acids is 1. The van der Waals surface area contributed by atoms with Gasteiger partial charge in [0.15, 0.2) is 0 Å². The molecule has 6 nitrogen and oxygen atoms in total. The van der Waals surface area contributed by atoms with E-state index < -0.39 is 5.97 Å². The van der Waals surface area contributed by atoms with Crippen molar-refractivity contribution in [2.24, 2.45) is 5.41 Å². The fraction of sp³-hybridized carbons (Fsp3) is 0.368. The zero-order chi connectivity index (χ0) is 17.9. The van der Waals surface area contributed by atoms with Crippen molar-refractivity contribution in [2.45, 2.75) is 39.8 Å². The highest BCUT2D eigenvalue weighted by molar-refractivity contribution is 5.95. The maximum atomic E-state index is 11.5. The smallest absolute Gasteiger partial charge is 0.333 e. The van der Waals surface area contributed by atoms with E-state index in [1.165, 1.54) is 0 Å². The Hall–Kier alpha value is -2.76. The molecule has 0 bridgehead atoms. The van der Waals surface area contributed by atoms with E-state index in [4.69, 9.17) is 0 Å². The summed E-state index contributed by atoms with van der Waals surface area (Å²) in [6.45, 7) is 7.06. The second kappa shape index (κ2) is 5.12. The Balaban J connectivity index is 1.95. The molecule has 1 aromatic heterocycles. The van der Waals surface area contributed by atoms with Gasteiger partial charge in [0.05, 0.1) is 29.6 Å². The second-order valence-electron chi connectivity index (χ2n) is 7.75. The third-order valence-electron chi connectivity index (χ3n) is 5.04. The van der Waals surface area contributed by atoms with Crippen molar-refractivity contribution in [3.63, 3.8) is 0 Å². The van der Waals surface area contributed by atoms with Crippen molar-refractivity contribution in [3.05, 3.63) is 41.7 Å². The minimum absolute atomic E-state index is 0.0670. The fourth-order valence-corrected chi connectivity index (χ4v) is 3.70. The zero-order valence-electron chi connectivity index (χ0n) is 14.5. The van der Waals surface area contributed by atoms with Gasteiger partial charge in [0.1, 0.15) is 11.3 Å². The van der Waals surface area contributed by atoms with E-state index in [0.29, 0.717) is 24.1 Å². The summed E-state index contributed by atoms with van der Waals surface area (Å²) in [5.41, 5.74) is 2.80. The van der Waals surface area contributed by atoms with Crippen molar-refractivity contribution in [3.8, 4) is 5.75 Å². The van der Waals surface area contributed by atoms with E-state index in [2.05, 4.69) is 30.8 Å². The van der Waals surface area contributed by atoms with Gasteiger partial charge in [-0.25, -0.2) is 4.79 Å². The summed E-state index contributed by atoms with van der Waals surface area (Å²) in [4.78, 5) is 13.5. The molecule has 0 saturated heterocycles. The molecule has 0 amide bonds. The second-order valence-corrected chi connectivity index (χ2v) is 7.75. The Kier molecular flexibility index (Phi) is 3.22. The van der Waals surface area contributed by atoms with E-state index in [-0.39, 0.29) is 17.2 Å². The van der Waals surface area contributed by atoms with Crippen LogP contribution in [-0.4, -0.2) is 36.9 Å². The summed E-state index contributed by atoms with van der Waals surface area (Å²) in [7, 11) is 0. The van der Waals surface area contributed by atoms with Crippen LogP contribution in [0.1, 0.15) is 32.9 Å². The van der Waals surface area contributed by atoms with Gasteiger partial charge in [0, 0.05) is 18.0 Å². The van der Waals surface area contributed by atoms with Gasteiger partial charge in [-0.05, 0) is 11.5 Å². The van der Waals surface area contributed by atoms with Crippen LogP contribution in [0.15, 0.2) is 36.0 Å². The topological polar surface area (TPSA) is 78.6 Å². The molecule has 4 rings (SSSR count). The molecule has 25 heavy (non-hydrogen) atoms. The average molecular weight is 339 g/mol. The molecule has 0 fully saturated rings. The number of aliphatic carboxylic acids is 1. The first-order chi connectivity index (χ1) is 11.8. The van der Waals surface area contributed by atoms with Gasteiger partial charge in [0.2, 0.25) is 0 Å². The minimum atomic E-state index is -0.885. The molecule has 0 unspecified atom stereocenters. The molecule has 2 N–H and O–H groups in total. The number of aromatic hydroxyl groups is 1. The molecular weight excluding hydrogens is 318 g/mol. The Labute approximate surface area is 145 Å². The molecule has 1 aromatic carbocycles. The summed E-state index contributed by atoms with van der Waals surface area (Å²) in [5.74, 6) is -0.721. The predicted octanol–water partition coefficient (Wildman–Crippen LogP) is 3.19. The van der Waals surface area contributed by atoms with E-state index in [0.717, 1.165) is 16.8 Å². The van der Waals surface area contributed by atoms with Gasteiger partial charge in [-0.3, -0.25) is 4.68 Å². The van der Waals surface area contributed by atoms with Gasteiger partial charge >= 0.3 is 5.97 Å². The number of allylic oxidation sites excluding steroid dienone is 1. The largest absolute Gasteiger partial charge is 0.506 e. The Morgan fingerprint density at radius 3 is 2.76 bits per heavy atom. The van der Waals surface area contributed by atoms with Gasteiger partial charge in [-0.2, -0.15) is 5.10 Å². The zero-order valence-corrected chi connectivity index (χ0v) is 14.5. The van der Waals surface area contributed by atoms with Gasteiger partial charge < -0.3 is 15.1 Å². The quantitative estimate of drug-likeness (QED) is 0.834. The SMILES string of the molecule is CC(C)(C)[C@@H]1Cn2nc3c(O)cccc3c2C2=CCC(C(=O)O)=CN21. The molecule has 0 aliphatic carbocycles. The first-order valence-corrected chi connectivity index (χ1v) is 8.38. The lowest BCUT2D eigenvalue weighted by Gasteiger charge is -2.45. The lowest BCUT2D eigenvalue weighted by molar-refractivity contribution is -0.132. The van der Waals surface area contributed by atoms with Crippen molar-refractivity contribution < 1.29 is 15.0 Å². The van der Waals surface area contributed by atoms with Crippen LogP contribution in [0.25, 0.3) is 16.6 Å². The van der Waals surface area contributed by atoms with Crippen LogP contribution in [-0.2, 0) is 11.3 Å². The molecular formula is C19H21N3O3. The maximum absolute atomic E-state index is 11.5. The molecule has 2 aliphatic rings. The number of nitrogens with zero attached hydrogens (tertiary/aromatic N) is 3. The number of fused-ring (bicyclic) bond motifs is 5. The van der Waals surface area contributed by atoms with Crippen LogP contribution in [0.4, 0.5) is 0 Å². The number of phenols is 1. The number of hydrogen-bond donors (Lipinski definition) is 2. The molecule has 2 aliphatic heterocycles. The molecule has 130 valence electrons. The van der Waals surface area contributed by atoms with Gasteiger partial charge in [-0.1, -0.05) is 39.0 Å². The van der Waals surface area contributed by atoms with Gasteiger partial charge in [0.25, 0.3) is 0 Å². The van der Waals surface area contributed by atoms with Crippen LogP contribution in [0.5, 0.6) is 5.75 Å². The Morgan fingerprint density at radius 2 is 2.08 bits per heavy atom. The van der Waals surface area contributed by atoms with E-state index >= 15 is 0 Å². The molecule has 1 atom stereocenters. The van der Waals surface area contributed by atoms with Crippen molar-refractivity contribution in [1.82, 2.24) is 14.7 Å². The summed E-state index contributed by atoms with van der Waals surface area (Å²) in [5, 5.41) is 25.1. The normalized spacial score (nSPS) is 20.0. The number of benzene rings is 1. The number of rotatable bonds is 1. The van der Waals surface area contributed by atoms with Crippen molar-refractivity contribution in [2.75, 3.05) is 0 Å². The molecule has 2 aromatic rings. The van der Waals surface area contributed by atoms with Crippen LogP contribution < -0.4 is 0 Å². The molecule has 0 saturated carbocycles. The molecule has 6 heteroatoms. The highest BCUT2D eigenvalue weighted by Crippen LogP contribution is 2.42. The predicted molar refractivity (Wildman–Crippen MR) is 94.8 cm³/mol. The molecule has 0 radical (unpaired) electrons. The van der Waals surface area contributed by atoms with E-state index in [1.807, 2.05) is 22.9 Å². The number of carbonyl (C=O) groups is 1. The summed E-state index contributed by atoms with van der Waals surface area (Å²) >= 11 is 0. The fourth-order valence-electron chi connectivity index (χ4n) is 3.70. The average Bonchev–Trinajstić information content (AvgIpc) is 2.93. The van der Waals surface area contributed by atoms with Crippen LogP contribution in [0, 0.1) is 5.41 Å². The monoisotopic (exact) mass is 339 g/mol. The van der Waals surface area contributed by atoms with E-state index in [9.17, 15) is 15.0 Å². The van der Waals surface area contributed by atoms with E-state index in [1.54, 1.807) is 12.3 Å². The highest BCUT2D eigenvalue weighted by Gasteiger charge is 2.39. The van der Waals surface area contributed by atoms with Crippen LogP contribution in [0.2, 0.25) is 0 Å². The Morgan fingerprint density at radius 1 is 1.32 bits per heavy atom. The first kappa shape index (κ1) is 15.7. The van der Waals surface area contributed by atoms with Crippen LogP contribution in [0.3, 0.4) is 0 Å². The highest BCUT2D eigenvalue weighted by atomic mass is 16.4. The third-order valence-corrected chi connectivity index (χ3v) is 5.04. The summed E-state index contributed by atoms with van der Waals surface area (Å²) < 4.78 is 1.95. The number of hydrogen-bond acceptors (Lipinski definition) is 4. The van der Waals surface area contributed by atoms with Crippen LogP contribution >= 0.6 is 0 Å². The minimum Gasteiger partial charge on any atom is -0.506 e. The maximum Gasteiger partial charge on any atom is 0.333 e. The molecule has 0 spiro atoms. The lowest BCUT2D eigenvalue weighted by Crippen LogP contribution is -2.48. The van der Waals surface area contributed by atoms with Gasteiger partial charge in [-0.15, -0.1) is 0 Å². The Bertz CT molecular complexity index is 947. The van der Waals surface area contributed by atoms with Crippen molar-refractivity contribution >= 4 is 22.6 Å². The third kappa shape index (κ3) is 2.32. The first-order valence-electron chi connectivity index (χ1n) is 8.38. The summed E-state index contributed by atoms with van der Waals surface area (Å²) in [6.07, 6.45) is 4.10.